The van der Waals surface area contributed by atoms with Crippen molar-refractivity contribution in [1.29, 1.82) is 0 Å². The van der Waals surface area contributed by atoms with Gasteiger partial charge in [0, 0.05) is 23.2 Å². The van der Waals surface area contributed by atoms with Crippen LogP contribution in [0.4, 0.5) is 11.4 Å². The Hall–Kier alpha value is -4.51. The summed E-state index contributed by atoms with van der Waals surface area (Å²) >= 11 is 0. The molecule has 0 amide bonds. The standard InChI is InChI=1S/C29H23N3O2/c1-33-26-7-3-5-20(13-26)18-30-24-11-9-22-15-23-10-12-25(17-29(23)32-28(22)16-24)31-19-21-6-4-8-27(14-21)34-2/h3-19H,1-2H3. The largest absolute Gasteiger partial charge is 0.497 e. The van der Waals surface area contributed by atoms with Crippen molar-refractivity contribution in [3.05, 3.63) is 102 Å². The second-order valence-corrected chi connectivity index (χ2v) is 7.81. The van der Waals surface area contributed by atoms with Crippen molar-refractivity contribution in [3.8, 4) is 11.5 Å². The van der Waals surface area contributed by atoms with Crippen LogP contribution in [0.3, 0.4) is 0 Å². The molecule has 5 nitrogen and oxygen atoms in total. The van der Waals surface area contributed by atoms with Crippen molar-refractivity contribution < 1.29 is 9.47 Å². The average Bonchev–Trinajstić information content (AvgIpc) is 2.89. The first-order valence-electron chi connectivity index (χ1n) is 10.9. The summed E-state index contributed by atoms with van der Waals surface area (Å²) in [6, 6.07) is 29.8. The lowest BCUT2D eigenvalue weighted by Gasteiger charge is -2.04. The van der Waals surface area contributed by atoms with Crippen LogP contribution in [0.1, 0.15) is 11.1 Å². The van der Waals surface area contributed by atoms with Gasteiger partial charge in [0.2, 0.25) is 0 Å². The minimum atomic E-state index is 0.806. The molecule has 0 aliphatic carbocycles. The van der Waals surface area contributed by atoms with Gasteiger partial charge in [0.25, 0.3) is 0 Å². The summed E-state index contributed by atoms with van der Waals surface area (Å²) in [7, 11) is 3.32. The Morgan fingerprint density at radius 1 is 0.588 bits per heavy atom. The number of aliphatic imine (C=N–C) groups is 2. The van der Waals surface area contributed by atoms with Crippen molar-refractivity contribution in [1.82, 2.24) is 4.98 Å². The first-order chi connectivity index (χ1) is 16.7. The van der Waals surface area contributed by atoms with Crippen LogP contribution in [0.25, 0.3) is 21.8 Å². The Bertz CT molecular complexity index is 1430. The molecule has 166 valence electrons. The van der Waals surface area contributed by atoms with Gasteiger partial charge in [-0.1, -0.05) is 36.4 Å². The Balaban J connectivity index is 1.43. The fraction of sp³-hybridized carbons (Fsp3) is 0.0690. The van der Waals surface area contributed by atoms with Gasteiger partial charge < -0.3 is 9.47 Å². The second-order valence-electron chi connectivity index (χ2n) is 7.81. The highest BCUT2D eigenvalue weighted by Crippen LogP contribution is 2.27. The van der Waals surface area contributed by atoms with Crippen molar-refractivity contribution in [2.24, 2.45) is 9.98 Å². The van der Waals surface area contributed by atoms with E-state index in [4.69, 9.17) is 14.5 Å². The molecule has 5 rings (SSSR count). The molecule has 0 saturated carbocycles. The number of hydrogen-bond donors (Lipinski definition) is 0. The maximum Gasteiger partial charge on any atom is 0.119 e. The molecule has 1 heterocycles. The third kappa shape index (κ3) is 4.79. The van der Waals surface area contributed by atoms with E-state index in [1.54, 1.807) is 14.2 Å². The number of aromatic nitrogens is 1. The molecule has 5 aromatic rings. The van der Waals surface area contributed by atoms with Gasteiger partial charge >= 0.3 is 0 Å². The molecule has 0 saturated heterocycles. The van der Waals surface area contributed by atoms with E-state index in [-0.39, 0.29) is 0 Å². The van der Waals surface area contributed by atoms with Crippen molar-refractivity contribution in [2.45, 2.75) is 0 Å². The fourth-order valence-corrected chi connectivity index (χ4v) is 3.70. The van der Waals surface area contributed by atoms with E-state index in [1.807, 2.05) is 85.2 Å². The summed E-state index contributed by atoms with van der Waals surface area (Å²) in [4.78, 5) is 14.1. The van der Waals surface area contributed by atoms with Crippen LogP contribution in [-0.4, -0.2) is 31.6 Å². The summed E-state index contributed by atoms with van der Waals surface area (Å²) in [6.07, 6.45) is 3.66. The minimum Gasteiger partial charge on any atom is -0.497 e. The van der Waals surface area contributed by atoms with Crippen LogP contribution >= 0.6 is 0 Å². The summed E-state index contributed by atoms with van der Waals surface area (Å²) < 4.78 is 10.6. The lowest BCUT2D eigenvalue weighted by atomic mass is 10.1. The predicted molar refractivity (Wildman–Crippen MR) is 140 cm³/mol. The highest BCUT2D eigenvalue weighted by molar-refractivity contribution is 5.95. The molecule has 0 fully saturated rings. The molecule has 0 unspecified atom stereocenters. The summed E-state index contributed by atoms with van der Waals surface area (Å²) in [5, 5.41) is 2.14. The zero-order valence-corrected chi connectivity index (χ0v) is 19.0. The molecule has 4 aromatic carbocycles. The maximum atomic E-state index is 5.28. The van der Waals surface area contributed by atoms with Gasteiger partial charge in [-0.2, -0.15) is 0 Å². The quantitative estimate of drug-likeness (QED) is 0.211. The third-order valence-corrected chi connectivity index (χ3v) is 5.49. The number of ether oxygens (including phenoxy) is 2. The Labute approximate surface area is 198 Å². The second kappa shape index (κ2) is 9.55. The summed E-state index contributed by atoms with van der Waals surface area (Å²) in [5.41, 5.74) is 5.42. The van der Waals surface area contributed by atoms with Crippen LogP contribution < -0.4 is 9.47 Å². The van der Waals surface area contributed by atoms with Gasteiger partial charge in [0.05, 0.1) is 36.6 Å². The number of benzene rings is 4. The molecule has 0 bridgehead atoms. The summed E-state index contributed by atoms with van der Waals surface area (Å²) in [5.74, 6) is 1.61. The van der Waals surface area contributed by atoms with Gasteiger partial charge in [0.15, 0.2) is 0 Å². The molecule has 1 aromatic heterocycles. The minimum absolute atomic E-state index is 0.806. The van der Waals surface area contributed by atoms with Gasteiger partial charge in [-0.3, -0.25) is 9.98 Å². The number of hydrogen-bond acceptors (Lipinski definition) is 5. The maximum absolute atomic E-state index is 5.28. The summed E-state index contributed by atoms with van der Waals surface area (Å²) in [6.45, 7) is 0. The van der Waals surface area contributed by atoms with E-state index in [2.05, 4.69) is 28.2 Å². The molecular weight excluding hydrogens is 422 g/mol. The average molecular weight is 446 g/mol. The molecule has 0 N–H and O–H groups in total. The van der Waals surface area contributed by atoms with Crippen LogP contribution in [-0.2, 0) is 0 Å². The van der Waals surface area contributed by atoms with E-state index in [0.717, 1.165) is 55.8 Å². The number of nitrogens with zero attached hydrogens (tertiary/aromatic N) is 3. The number of rotatable bonds is 6. The van der Waals surface area contributed by atoms with E-state index in [0.29, 0.717) is 0 Å². The van der Waals surface area contributed by atoms with E-state index in [1.165, 1.54) is 0 Å². The Morgan fingerprint density at radius 3 is 1.56 bits per heavy atom. The molecule has 0 atom stereocenters. The predicted octanol–water partition coefficient (Wildman–Crippen LogP) is 6.91. The number of fused-ring (bicyclic) bond motifs is 2. The van der Waals surface area contributed by atoms with Crippen LogP contribution in [0.2, 0.25) is 0 Å². The fourth-order valence-electron chi connectivity index (χ4n) is 3.70. The molecule has 0 aliphatic heterocycles. The van der Waals surface area contributed by atoms with Gasteiger partial charge in [-0.05, 0) is 65.7 Å². The van der Waals surface area contributed by atoms with Crippen LogP contribution in [0.15, 0.2) is 101 Å². The number of methoxy groups -OCH3 is 2. The normalized spacial score (nSPS) is 11.6. The highest BCUT2D eigenvalue weighted by Gasteiger charge is 2.03. The van der Waals surface area contributed by atoms with Crippen molar-refractivity contribution >= 4 is 45.6 Å². The molecule has 0 radical (unpaired) electrons. The SMILES string of the molecule is COc1cccc(C=Nc2ccc3cc4ccc(N=Cc5cccc(OC)c5)cc4nc3c2)c1. The van der Waals surface area contributed by atoms with Gasteiger partial charge in [-0.25, -0.2) is 4.98 Å². The van der Waals surface area contributed by atoms with Crippen LogP contribution in [0.5, 0.6) is 11.5 Å². The lowest BCUT2D eigenvalue weighted by Crippen LogP contribution is -1.86. The highest BCUT2D eigenvalue weighted by atomic mass is 16.5. The van der Waals surface area contributed by atoms with E-state index >= 15 is 0 Å². The van der Waals surface area contributed by atoms with Crippen molar-refractivity contribution in [2.75, 3.05) is 14.2 Å². The Kier molecular flexibility index (Phi) is 5.99. The molecular formula is C29H23N3O2. The number of pyridine rings is 1. The monoisotopic (exact) mass is 445 g/mol. The van der Waals surface area contributed by atoms with Crippen molar-refractivity contribution in [3.63, 3.8) is 0 Å². The van der Waals surface area contributed by atoms with Gasteiger partial charge in [0.1, 0.15) is 11.5 Å². The van der Waals surface area contributed by atoms with Crippen LogP contribution in [0, 0.1) is 0 Å². The molecule has 0 spiro atoms. The smallest absolute Gasteiger partial charge is 0.119 e. The molecule has 5 heteroatoms. The lowest BCUT2D eigenvalue weighted by molar-refractivity contribution is 0.414. The first-order valence-corrected chi connectivity index (χ1v) is 10.9. The molecule has 34 heavy (non-hydrogen) atoms. The molecule has 0 aliphatic rings. The zero-order valence-electron chi connectivity index (χ0n) is 19.0. The van der Waals surface area contributed by atoms with Gasteiger partial charge in [-0.15, -0.1) is 0 Å². The first kappa shape index (κ1) is 21.3. The topological polar surface area (TPSA) is 56.1 Å². The van der Waals surface area contributed by atoms with E-state index < -0.39 is 0 Å². The third-order valence-electron chi connectivity index (χ3n) is 5.49. The Morgan fingerprint density at radius 2 is 1.09 bits per heavy atom. The zero-order chi connectivity index (χ0) is 23.3. The van der Waals surface area contributed by atoms with E-state index in [9.17, 15) is 0 Å².